The number of aryl methyl sites for hydroxylation is 1. The minimum atomic E-state index is -0.196. The predicted molar refractivity (Wildman–Crippen MR) is 126 cm³/mol. The van der Waals surface area contributed by atoms with E-state index in [9.17, 15) is 4.79 Å². The molecule has 5 nitrogen and oxygen atoms in total. The van der Waals surface area contributed by atoms with E-state index in [-0.39, 0.29) is 42.6 Å². The van der Waals surface area contributed by atoms with E-state index in [0.29, 0.717) is 23.4 Å². The highest BCUT2D eigenvalue weighted by Crippen LogP contribution is 2.35. The first-order chi connectivity index (χ1) is 15.4. The molecule has 0 N–H and O–H groups in total. The second kappa shape index (κ2) is 10.7. The number of esters is 1. The van der Waals surface area contributed by atoms with Gasteiger partial charge >= 0.3 is 5.97 Å². The molecule has 0 bridgehead atoms. The van der Waals surface area contributed by atoms with Crippen LogP contribution >= 0.6 is 0 Å². The number of ether oxygens (including phenoxy) is 1. The number of rotatable bonds is 5. The molecule has 0 saturated heterocycles. The smallest absolute Gasteiger partial charge is 0.348 e. The number of halogens is 1. The van der Waals surface area contributed by atoms with E-state index in [0.717, 1.165) is 35.3 Å². The van der Waals surface area contributed by atoms with Crippen molar-refractivity contribution in [1.82, 2.24) is 4.57 Å². The third-order valence-electron chi connectivity index (χ3n) is 6.87. The van der Waals surface area contributed by atoms with Crippen molar-refractivity contribution in [3.8, 4) is 11.4 Å². The van der Waals surface area contributed by atoms with Crippen molar-refractivity contribution in [2.75, 3.05) is 0 Å². The Morgan fingerprint density at radius 3 is 2.70 bits per heavy atom. The van der Waals surface area contributed by atoms with E-state index in [1.807, 2.05) is 48.0 Å². The molecule has 3 aromatic rings. The molecule has 1 heterocycles. The minimum absolute atomic E-state index is 0. The summed E-state index contributed by atoms with van der Waals surface area (Å²) >= 11 is 0. The second-order valence-corrected chi connectivity index (χ2v) is 9.47. The van der Waals surface area contributed by atoms with Gasteiger partial charge in [0.1, 0.15) is 6.10 Å². The topological polar surface area (TPSA) is 39.5 Å². The van der Waals surface area contributed by atoms with Crippen LogP contribution < -0.4 is 28.5 Å². The highest BCUT2D eigenvalue weighted by Gasteiger charge is 2.34. The zero-order valence-electron chi connectivity index (χ0n) is 19.8. The molecule has 0 radical (unpaired) electrons. The summed E-state index contributed by atoms with van der Waals surface area (Å²) in [5, 5.41) is 0. The van der Waals surface area contributed by atoms with E-state index >= 15 is 0 Å². The summed E-state index contributed by atoms with van der Waals surface area (Å²) in [7, 11) is 2.00. The number of hydrogen-bond acceptors (Lipinski definition) is 2. The molecule has 1 saturated carbocycles. The highest BCUT2D eigenvalue weighted by molar-refractivity contribution is 5.80. The number of carbonyl (C=O) groups is 1. The van der Waals surface area contributed by atoms with Crippen LogP contribution in [0.25, 0.3) is 27.3 Å². The van der Waals surface area contributed by atoms with Crippen LogP contribution in [0.1, 0.15) is 40.0 Å². The molecule has 174 valence electrons. The summed E-state index contributed by atoms with van der Waals surface area (Å²) in [5.74, 6) is 2.20. The van der Waals surface area contributed by atoms with Gasteiger partial charge in [-0.05, 0) is 54.9 Å². The third-order valence-corrected chi connectivity index (χ3v) is 6.87. The van der Waals surface area contributed by atoms with Crippen LogP contribution in [0.15, 0.2) is 48.5 Å². The molecule has 0 amide bonds. The Kier molecular flexibility index (Phi) is 8.17. The molecule has 33 heavy (non-hydrogen) atoms. The Morgan fingerprint density at radius 2 is 1.97 bits per heavy atom. The fraction of sp³-hybridized carbons (Fsp3) is 0.444. The normalized spacial score (nSPS) is 20.3. The summed E-state index contributed by atoms with van der Waals surface area (Å²) in [6, 6.07) is 15.6. The zero-order valence-corrected chi connectivity index (χ0v) is 22.0. The molecule has 0 aliphatic heterocycles. The molecule has 1 unspecified atom stereocenters. The van der Waals surface area contributed by atoms with E-state index in [4.69, 9.17) is 11.3 Å². The van der Waals surface area contributed by atoms with Crippen LogP contribution in [0.2, 0.25) is 0 Å². The minimum Gasteiger partial charge on any atom is -1.00 e. The molecular weight excluding hydrogens is 525 g/mol. The van der Waals surface area contributed by atoms with Gasteiger partial charge in [0.25, 0.3) is 5.82 Å². The standard InChI is InChI=1S/C27H32N3O2.HI/c1-18(2)22-14-13-19(3)15-25(22)32-26(31)17-30-24-12-7-6-11-23(24)29(5)27(30)20-9-8-10-21(16-20)28-4;/h6-12,16,18-19,22,25H,13-15,17H2,1-3,5H3;1H/q+1;/p-1/t19-,22+,25?;/m1./s1. The number of imidazole rings is 1. The Labute approximate surface area is 213 Å². The van der Waals surface area contributed by atoms with Gasteiger partial charge in [0.2, 0.25) is 0 Å². The first-order valence-corrected chi connectivity index (χ1v) is 11.5. The van der Waals surface area contributed by atoms with Crippen molar-refractivity contribution < 1.29 is 38.1 Å². The summed E-state index contributed by atoms with van der Waals surface area (Å²) in [4.78, 5) is 16.8. The Bertz CT molecular complexity index is 1180. The lowest BCUT2D eigenvalue weighted by Crippen LogP contribution is -3.00. The van der Waals surface area contributed by atoms with E-state index in [1.54, 1.807) is 6.07 Å². The van der Waals surface area contributed by atoms with E-state index < -0.39 is 0 Å². The number of fused-ring (bicyclic) bond motifs is 1. The van der Waals surface area contributed by atoms with Gasteiger partial charge in [-0.15, -0.1) is 0 Å². The lowest BCUT2D eigenvalue weighted by Gasteiger charge is -2.36. The van der Waals surface area contributed by atoms with E-state index in [2.05, 4.69) is 36.2 Å². The average Bonchev–Trinajstić information content (AvgIpc) is 3.05. The summed E-state index contributed by atoms with van der Waals surface area (Å²) in [6.45, 7) is 14.2. The fourth-order valence-corrected chi connectivity index (χ4v) is 5.19. The van der Waals surface area contributed by atoms with Gasteiger partial charge in [-0.2, -0.15) is 0 Å². The summed E-state index contributed by atoms with van der Waals surface area (Å²) in [5.41, 5.74) is 3.51. The molecule has 1 aliphatic rings. The van der Waals surface area contributed by atoms with Crippen molar-refractivity contribution in [2.24, 2.45) is 24.8 Å². The predicted octanol–water partition coefficient (Wildman–Crippen LogP) is 2.69. The van der Waals surface area contributed by atoms with Crippen molar-refractivity contribution >= 4 is 22.7 Å². The summed E-state index contributed by atoms with van der Waals surface area (Å²) < 4.78 is 10.2. The van der Waals surface area contributed by atoms with Crippen molar-refractivity contribution in [1.29, 1.82) is 0 Å². The number of aromatic nitrogens is 2. The van der Waals surface area contributed by atoms with Crippen LogP contribution in [0.5, 0.6) is 0 Å². The number of hydrogen-bond donors (Lipinski definition) is 0. The van der Waals surface area contributed by atoms with Crippen LogP contribution in [-0.4, -0.2) is 16.6 Å². The van der Waals surface area contributed by atoms with Crippen molar-refractivity contribution in [3.05, 3.63) is 59.9 Å². The lowest BCUT2D eigenvalue weighted by molar-refractivity contribution is -0.634. The molecule has 6 heteroatoms. The van der Waals surface area contributed by atoms with Crippen molar-refractivity contribution in [2.45, 2.75) is 52.7 Å². The summed E-state index contributed by atoms with van der Waals surface area (Å²) in [6.07, 6.45) is 3.24. The monoisotopic (exact) mass is 557 g/mol. The quantitative estimate of drug-likeness (QED) is 0.210. The second-order valence-electron chi connectivity index (χ2n) is 9.47. The lowest BCUT2D eigenvalue weighted by atomic mass is 9.75. The molecule has 1 fully saturated rings. The van der Waals surface area contributed by atoms with Gasteiger partial charge in [-0.1, -0.05) is 51.5 Å². The molecule has 1 aliphatic carbocycles. The van der Waals surface area contributed by atoms with E-state index in [1.165, 1.54) is 6.42 Å². The van der Waals surface area contributed by atoms with Gasteiger partial charge in [-0.3, -0.25) is 0 Å². The Morgan fingerprint density at radius 1 is 1.21 bits per heavy atom. The number of para-hydroxylation sites is 2. The molecular formula is C27H32IN3O2. The van der Waals surface area contributed by atoms with Gasteiger partial charge in [0.05, 0.1) is 19.2 Å². The van der Waals surface area contributed by atoms with Crippen LogP contribution in [-0.2, 0) is 23.1 Å². The maximum Gasteiger partial charge on any atom is 0.348 e. The molecule has 0 spiro atoms. The van der Waals surface area contributed by atoms with Gasteiger partial charge in [0.15, 0.2) is 23.3 Å². The third kappa shape index (κ3) is 5.24. The highest BCUT2D eigenvalue weighted by atomic mass is 127. The van der Waals surface area contributed by atoms with Crippen molar-refractivity contribution in [3.63, 3.8) is 0 Å². The molecule has 2 aromatic carbocycles. The first kappa shape index (κ1) is 25.2. The zero-order chi connectivity index (χ0) is 22.8. The Balaban J connectivity index is 0.00000306. The first-order valence-electron chi connectivity index (χ1n) is 11.5. The molecule has 4 rings (SSSR count). The molecule has 3 atom stereocenters. The largest absolute Gasteiger partial charge is 1.00 e. The SMILES string of the molecule is [C-]#[N+]c1cccc(-c2n(CC(=O)OC3C[C@H](C)CC[C@H]3C(C)C)c3ccccc3[n+]2C)c1.[I-]. The van der Waals surface area contributed by atoms with Crippen LogP contribution in [0.4, 0.5) is 5.69 Å². The average molecular weight is 557 g/mol. The van der Waals surface area contributed by atoms with Gasteiger partial charge < -0.3 is 28.7 Å². The Hall–Kier alpha value is -2.40. The van der Waals surface area contributed by atoms with Crippen LogP contribution in [0, 0.1) is 24.3 Å². The number of benzene rings is 2. The number of carbonyl (C=O) groups excluding carboxylic acids is 1. The fourth-order valence-electron chi connectivity index (χ4n) is 5.19. The van der Waals surface area contributed by atoms with Crippen LogP contribution in [0.3, 0.4) is 0 Å². The maximum atomic E-state index is 13.2. The van der Waals surface area contributed by atoms with Gasteiger partial charge in [-0.25, -0.2) is 18.8 Å². The maximum absolute atomic E-state index is 13.2. The van der Waals surface area contributed by atoms with Gasteiger partial charge in [0, 0.05) is 0 Å². The number of nitrogens with zero attached hydrogens (tertiary/aromatic N) is 3. The molecule has 1 aromatic heterocycles.